The lowest BCUT2D eigenvalue weighted by atomic mass is 9.76. The third-order valence-electron chi connectivity index (χ3n) is 6.65. The first-order valence-electron chi connectivity index (χ1n) is 11.3. The van der Waals surface area contributed by atoms with Crippen LogP contribution in [0.4, 0.5) is 18.9 Å². The molecule has 3 aliphatic heterocycles. The van der Waals surface area contributed by atoms with Crippen LogP contribution in [0.5, 0.6) is 0 Å². The van der Waals surface area contributed by atoms with Crippen LogP contribution in [-0.4, -0.2) is 51.0 Å². The summed E-state index contributed by atoms with van der Waals surface area (Å²) in [6, 6.07) is 15.4. The molecular weight excluding hydrogens is 417 g/mol. The molecule has 174 valence electrons. The molecule has 4 nitrogen and oxygen atoms in total. The normalized spacial score (nSPS) is 27.5. The first-order valence-corrected chi connectivity index (χ1v) is 11.3. The van der Waals surface area contributed by atoms with E-state index in [0.29, 0.717) is 7.18 Å². The molecule has 2 aromatic carbocycles. The Morgan fingerprint density at radius 3 is 2.50 bits per heavy atom. The molecule has 4 atom stereocenters. The lowest BCUT2D eigenvalue weighted by molar-refractivity contribution is -0.108. The zero-order valence-corrected chi connectivity index (χ0v) is 18.4. The first kappa shape index (κ1) is 23.1. The van der Waals surface area contributed by atoms with Crippen molar-refractivity contribution in [2.75, 3.05) is 45.3 Å². The van der Waals surface area contributed by atoms with Gasteiger partial charge in [-0.3, -0.25) is 9.29 Å². The Bertz CT molecular complexity index is 862. The number of benzene rings is 2. The predicted octanol–water partition coefficient (Wildman–Crippen LogP) is 5.55. The van der Waals surface area contributed by atoms with Crippen LogP contribution in [0.2, 0.25) is 0 Å². The Morgan fingerprint density at radius 1 is 1.03 bits per heavy atom. The van der Waals surface area contributed by atoms with Gasteiger partial charge in [-0.15, -0.1) is 0 Å². The average Bonchev–Trinajstić information content (AvgIpc) is 2.85. The molecule has 3 aliphatic rings. The fourth-order valence-electron chi connectivity index (χ4n) is 5.11. The maximum absolute atomic E-state index is 13.4. The van der Waals surface area contributed by atoms with E-state index in [1.807, 2.05) is 18.2 Å². The molecule has 0 amide bonds. The highest BCUT2D eigenvalue weighted by Crippen LogP contribution is 2.50. The van der Waals surface area contributed by atoms with Crippen LogP contribution in [-0.2, 0) is 9.47 Å². The van der Waals surface area contributed by atoms with Crippen molar-refractivity contribution in [1.29, 1.82) is 0 Å². The first-order chi connectivity index (χ1) is 15.7. The van der Waals surface area contributed by atoms with Gasteiger partial charge in [-0.2, -0.15) is 0 Å². The summed E-state index contributed by atoms with van der Waals surface area (Å²) in [5.74, 6) is 0.216. The highest BCUT2D eigenvalue weighted by molar-refractivity contribution is 5.58. The van der Waals surface area contributed by atoms with E-state index in [-0.39, 0.29) is 29.7 Å². The molecule has 0 saturated carbocycles. The van der Waals surface area contributed by atoms with Gasteiger partial charge < -0.3 is 14.8 Å². The summed E-state index contributed by atoms with van der Waals surface area (Å²) in [5.41, 5.74) is 3.05. The summed E-state index contributed by atoms with van der Waals surface area (Å²) in [4.78, 5) is 2.39. The van der Waals surface area contributed by atoms with E-state index in [0.717, 1.165) is 56.9 Å². The Hall–Kier alpha value is -2.09. The van der Waals surface area contributed by atoms with E-state index >= 15 is 0 Å². The van der Waals surface area contributed by atoms with Crippen LogP contribution in [0.1, 0.15) is 48.1 Å². The highest BCUT2D eigenvalue weighted by atomic mass is 19.3. The van der Waals surface area contributed by atoms with Crippen LogP contribution < -0.4 is 5.32 Å². The van der Waals surface area contributed by atoms with Crippen molar-refractivity contribution in [3.8, 4) is 0 Å². The summed E-state index contributed by atoms with van der Waals surface area (Å²) >= 11 is 0. The molecule has 2 fully saturated rings. The van der Waals surface area contributed by atoms with Crippen LogP contribution >= 0.6 is 0 Å². The highest BCUT2D eigenvalue weighted by Gasteiger charge is 2.42. The molecule has 0 aliphatic carbocycles. The largest absolute Gasteiger partial charge is 0.379 e. The molecule has 2 aromatic rings. The molecule has 2 saturated heterocycles. The number of alkyl halides is 3. The molecule has 5 rings (SSSR count). The van der Waals surface area contributed by atoms with Gasteiger partial charge in [0.25, 0.3) is 6.43 Å². The topological polar surface area (TPSA) is 33.7 Å². The van der Waals surface area contributed by atoms with E-state index in [1.54, 1.807) is 12.1 Å². The number of hydrogen-bond donors (Lipinski definition) is 1. The average molecular weight is 449 g/mol. The third-order valence-corrected chi connectivity index (χ3v) is 6.65. The van der Waals surface area contributed by atoms with Crippen molar-refractivity contribution in [3.63, 3.8) is 0 Å². The Kier molecular flexibility index (Phi) is 7.71. The van der Waals surface area contributed by atoms with Crippen molar-refractivity contribution in [2.24, 2.45) is 5.92 Å². The molecule has 3 unspecified atom stereocenters. The second kappa shape index (κ2) is 10.7. The maximum atomic E-state index is 13.4. The number of fused-ring (bicyclic) bond motifs is 3. The van der Waals surface area contributed by atoms with E-state index < -0.39 is 6.43 Å². The van der Waals surface area contributed by atoms with Gasteiger partial charge in [0, 0.05) is 42.4 Å². The molecule has 32 heavy (non-hydrogen) atoms. The zero-order chi connectivity index (χ0) is 22.5. The molecule has 0 radical (unpaired) electrons. The molecule has 7 heteroatoms. The van der Waals surface area contributed by atoms with Crippen LogP contribution in [0, 0.1) is 5.92 Å². The minimum Gasteiger partial charge on any atom is -0.379 e. The SMILES string of the molecule is CF.FC(F)c1ccc2c(c1)C1OC(CN3CCOCC3)CCC1[C@H](c1ccccc1)N2. The summed E-state index contributed by atoms with van der Waals surface area (Å²) in [5, 5.41) is 3.62. The minimum atomic E-state index is -2.48. The van der Waals surface area contributed by atoms with Crippen LogP contribution in [0.25, 0.3) is 0 Å². The quantitative estimate of drug-likeness (QED) is 0.666. The van der Waals surface area contributed by atoms with Crippen molar-refractivity contribution in [2.45, 2.75) is 37.5 Å². The van der Waals surface area contributed by atoms with E-state index in [1.165, 1.54) is 11.6 Å². The summed E-state index contributed by atoms with van der Waals surface area (Å²) in [7, 11) is 0.500. The minimum absolute atomic E-state index is 0.0614. The van der Waals surface area contributed by atoms with Gasteiger partial charge in [-0.05, 0) is 30.5 Å². The summed E-state index contributed by atoms with van der Waals surface area (Å²) in [6.07, 6.45) is -0.557. The third kappa shape index (κ3) is 4.95. The second-order valence-corrected chi connectivity index (χ2v) is 8.51. The maximum Gasteiger partial charge on any atom is 0.263 e. The van der Waals surface area contributed by atoms with Crippen molar-refractivity contribution in [3.05, 3.63) is 65.2 Å². The predicted molar refractivity (Wildman–Crippen MR) is 119 cm³/mol. The lowest BCUT2D eigenvalue weighted by Gasteiger charge is -2.46. The number of morpholine rings is 1. The zero-order valence-electron chi connectivity index (χ0n) is 18.4. The van der Waals surface area contributed by atoms with Crippen molar-refractivity contribution < 1.29 is 22.6 Å². The van der Waals surface area contributed by atoms with Crippen LogP contribution in [0.3, 0.4) is 0 Å². The Labute approximate surface area is 187 Å². The van der Waals surface area contributed by atoms with Gasteiger partial charge in [0.05, 0.1) is 38.6 Å². The number of nitrogens with one attached hydrogen (secondary N) is 1. The lowest BCUT2D eigenvalue weighted by Crippen LogP contribution is -2.45. The van der Waals surface area contributed by atoms with Gasteiger partial charge in [0.15, 0.2) is 0 Å². The van der Waals surface area contributed by atoms with Crippen molar-refractivity contribution in [1.82, 2.24) is 4.90 Å². The number of rotatable bonds is 4. The molecule has 0 aromatic heterocycles. The molecular formula is C25H31F3N2O2. The van der Waals surface area contributed by atoms with Crippen LogP contribution in [0.15, 0.2) is 48.5 Å². The number of anilines is 1. The fraction of sp³-hybridized carbons (Fsp3) is 0.520. The van der Waals surface area contributed by atoms with E-state index in [9.17, 15) is 13.2 Å². The summed E-state index contributed by atoms with van der Waals surface area (Å²) < 4.78 is 48.4. The van der Waals surface area contributed by atoms with Gasteiger partial charge >= 0.3 is 0 Å². The second-order valence-electron chi connectivity index (χ2n) is 8.51. The summed E-state index contributed by atoms with van der Waals surface area (Å²) in [6.45, 7) is 4.25. The van der Waals surface area contributed by atoms with Gasteiger partial charge in [-0.1, -0.05) is 36.4 Å². The van der Waals surface area contributed by atoms with Gasteiger partial charge in [0.1, 0.15) is 0 Å². The Morgan fingerprint density at radius 2 is 1.78 bits per heavy atom. The smallest absolute Gasteiger partial charge is 0.263 e. The van der Waals surface area contributed by atoms with Gasteiger partial charge in [-0.25, -0.2) is 8.78 Å². The van der Waals surface area contributed by atoms with E-state index in [2.05, 4.69) is 22.3 Å². The molecule has 0 spiro atoms. The number of halogens is 3. The number of ether oxygens (including phenoxy) is 2. The molecule has 1 N–H and O–H groups in total. The van der Waals surface area contributed by atoms with E-state index in [4.69, 9.17) is 9.47 Å². The number of hydrogen-bond acceptors (Lipinski definition) is 4. The number of nitrogens with zero attached hydrogens (tertiary/aromatic N) is 1. The van der Waals surface area contributed by atoms with Gasteiger partial charge in [0.2, 0.25) is 0 Å². The fourth-order valence-corrected chi connectivity index (χ4v) is 5.11. The molecule has 0 bridgehead atoms. The Balaban J connectivity index is 0.00000119. The van der Waals surface area contributed by atoms with Crippen molar-refractivity contribution >= 4 is 5.69 Å². The standard InChI is InChI=1S/C24H28F2N2O2.CH3F/c25-24(26)17-6-9-21-20(14-17)23-19(22(27-21)16-4-2-1-3-5-16)8-7-18(30-23)15-28-10-12-29-13-11-28;1-2/h1-6,9,14,18-19,22-24,27H,7-8,10-13,15H2;1H3/t18?,19?,22-,23?;/m0./s1. The molecule has 3 heterocycles. The monoisotopic (exact) mass is 448 g/mol.